The summed E-state index contributed by atoms with van der Waals surface area (Å²) in [6.07, 6.45) is 0.837. The van der Waals surface area contributed by atoms with E-state index in [0.29, 0.717) is 23.0 Å². The van der Waals surface area contributed by atoms with Crippen LogP contribution in [0.4, 0.5) is 11.4 Å². The van der Waals surface area contributed by atoms with Crippen molar-refractivity contribution in [2.45, 2.75) is 11.6 Å². The van der Waals surface area contributed by atoms with Gasteiger partial charge in [0.05, 0.1) is 5.75 Å². The van der Waals surface area contributed by atoms with Gasteiger partial charge in [0.15, 0.2) is 0 Å². The fourth-order valence-electron chi connectivity index (χ4n) is 2.81. The molecule has 0 saturated heterocycles. The third-order valence-electron chi connectivity index (χ3n) is 4.50. The van der Waals surface area contributed by atoms with Crippen molar-refractivity contribution in [3.05, 3.63) is 60.2 Å². The Balaban J connectivity index is 1.38. The third-order valence-corrected chi connectivity index (χ3v) is 5.51. The van der Waals surface area contributed by atoms with Crippen LogP contribution in [0.3, 0.4) is 0 Å². The van der Waals surface area contributed by atoms with Crippen molar-refractivity contribution in [2.75, 3.05) is 36.1 Å². The van der Waals surface area contributed by atoms with Gasteiger partial charge in [-0.05, 0) is 53.2 Å². The first-order valence-electron chi connectivity index (χ1n) is 9.82. The number of hydrogen-bond donors (Lipinski definition) is 2. The molecule has 0 bridgehead atoms. The second kappa shape index (κ2) is 11.1. The molecule has 1 heterocycles. The maximum atomic E-state index is 12.3. The quantitative estimate of drug-likeness (QED) is 0.369. The summed E-state index contributed by atoms with van der Waals surface area (Å²) in [6, 6.07) is 16.9. The van der Waals surface area contributed by atoms with E-state index in [1.165, 1.54) is 16.4 Å². The molecule has 0 radical (unpaired) electrons. The summed E-state index contributed by atoms with van der Waals surface area (Å²) in [5.41, 5.74) is 2.33. The Morgan fingerprint density at radius 3 is 2.52 bits per heavy atom. The van der Waals surface area contributed by atoms with Crippen molar-refractivity contribution >= 4 is 35.0 Å². The normalized spacial score (nSPS) is 10.5. The van der Waals surface area contributed by atoms with Crippen molar-refractivity contribution in [2.24, 2.45) is 7.05 Å². The van der Waals surface area contributed by atoms with Crippen LogP contribution in [-0.4, -0.2) is 57.9 Å². The number of hydrogen-bond acceptors (Lipinski definition) is 7. The molecule has 1 aromatic heterocycles. The molecule has 162 valence electrons. The van der Waals surface area contributed by atoms with Gasteiger partial charge in [-0.3, -0.25) is 9.59 Å². The highest BCUT2D eigenvalue weighted by molar-refractivity contribution is 7.99. The highest BCUT2D eigenvalue weighted by Gasteiger charge is 2.09. The molecule has 2 aromatic carbocycles. The molecule has 0 saturated carbocycles. The highest BCUT2D eigenvalue weighted by atomic mass is 32.2. The minimum absolute atomic E-state index is 0.134. The van der Waals surface area contributed by atoms with E-state index in [2.05, 4.69) is 43.2 Å². The van der Waals surface area contributed by atoms with Crippen LogP contribution in [-0.2, 0) is 11.8 Å². The summed E-state index contributed by atoms with van der Waals surface area (Å²) < 4.78 is 1.51. The smallest absolute Gasteiger partial charge is 0.251 e. The fraction of sp³-hybridized carbons (Fsp3) is 0.286. The predicted molar refractivity (Wildman–Crippen MR) is 121 cm³/mol. The van der Waals surface area contributed by atoms with Crippen LogP contribution in [0.5, 0.6) is 0 Å². The number of rotatable bonds is 10. The van der Waals surface area contributed by atoms with E-state index >= 15 is 0 Å². The van der Waals surface area contributed by atoms with E-state index in [9.17, 15) is 9.59 Å². The lowest BCUT2D eigenvalue weighted by molar-refractivity contribution is -0.113. The number of aryl methyl sites for hydroxylation is 1. The van der Waals surface area contributed by atoms with Crippen LogP contribution >= 0.6 is 11.8 Å². The maximum Gasteiger partial charge on any atom is 0.251 e. The number of amides is 2. The number of carbonyl (C=O) groups is 2. The summed E-state index contributed by atoms with van der Waals surface area (Å²) in [5, 5.41) is 17.4. The van der Waals surface area contributed by atoms with Gasteiger partial charge in [-0.15, -0.1) is 5.10 Å². The first-order chi connectivity index (χ1) is 15.0. The molecule has 2 N–H and O–H groups in total. The Bertz CT molecular complexity index is 992. The first-order valence-corrected chi connectivity index (χ1v) is 10.8. The minimum Gasteiger partial charge on any atom is -0.375 e. The molecule has 0 spiro atoms. The number of benzene rings is 2. The van der Waals surface area contributed by atoms with Crippen LogP contribution in [0.2, 0.25) is 0 Å². The minimum atomic E-state index is -0.173. The Hall–Kier alpha value is -3.40. The maximum absolute atomic E-state index is 12.3. The van der Waals surface area contributed by atoms with Gasteiger partial charge in [0.1, 0.15) is 0 Å². The molecule has 9 nitrogen and oxygen atoms in total. The topological polar surface area (TPSA) is 105 Å². The summed E-state index contributed by atoms with van der Waals surface area (Å²) in [6.45, 7) is 1.43. The van der Waals surface area contributed by atoms with Crippen LogP contribution in [0, 0.1) is 0 Å². The summed E-state index contributed by atoms with van der Waals surface area (Å²) in [5.74, 6) is -0.119. The standard InChI is InChI=1S/C21H25N7O2S/c1-27(18-7-4-3-5-8-18)14-6-13-22-20(30)16-9-11-17(12-10-16)23-19(29)15-31-21-24-25-26-28(21)2/h3-5,7-12H,6,13-15H2,1-2H3,(H,22,30)(H,23,29). The summed E-state index contributed by atoms with van der Waals surface area (Å²) in [7, 11) is 3.75. The molecule has 31 heavy (non-hydrogen) atoms. The molecule has 2 amide bonds. The molecule has 0 atom stereocenters. The van der Waals surface area contributed by atoms with Gasteiger partial charge in [0.25, 0.3) is 5.91 Å². The number of tetrazole rings is 1. The largest absolute Gasteiger partial charge is 0.375 e. The van der Waals surface area contributed by atoms with E-state index in [1.54, 1.807) is 31.3 Å². The number of para-hydroxylation sites is 1. The predicted octanol–water partition coefficient (Wildman–Crippen LogP) is 2.20. The van der Waals surface area contributed by atoms with Crippen molar-refractivity contribution in [3.8, 4) is 0 Å². The molecule has 3 aromatic rings. The zero-order valence-corrected chi connectivity index (χ0v) is 18.3. The van der Waals surface area contributed by atoms with E-state index in [0.717, 1.165) is 18.7 Å². The van der Waals surface area contributed by atoms with Gasteiger partial charge >= 0.3 is 0 Å². The van der Waals surface area contributed by atoms with Gasteiger partial charge in [-0.25, -0.2) is 4.68 Å². The van der Waals surface area contributed by atoms with Crippen LogP contribution in [0.25, 0.3) is 0 Å². The number of nitrogens with one attached hydrogen (secondary N) is 2. The first kappa shape index (κ1) is 22.3. The van der Waals surface area contributed by atoms with E-state index in [-0.39, 0.29) is 17.6 Å². The van der Waals surface area contributed by atoms with Gasteiger partial charge in [-0.1, -0.05) is 30.0 Å². The molecular weight excluding hydrogens is 414 g/mol. The molecule has 3 rings (SSSR count). The van der Waals surface area contributed by atoms with E-state index < -0.39 is 0 Å². The van der Waals surface area contributed by atoms with Crippen molar-refractivity contribution in [3.63, 3.8) is 0 Å². The van der Waals surface area contributed by atoms with E-state index in [4.69, 9.17) is 0 Å². The number of nitrogens with zero attached hydrogens (tertiary/aromatic N) is 5. The SMILES string of the molecule is CN(CCCNC(=O)c1ccc(NC(=O)CSc2nnnn2C)cc1)c1ccccc1. The average molecular weight is 440 g/mol. The molecule has 0 aliphatic rings. The lowest BCUT2D eigenvalue weighted by Gasteiger charge is -2.19. The molecule has 0 aliphatic carbocycles. The van der Waals surface area contributed by atoms with Crippen molar-refractivity contribution in [1.29, 1.82) is 0 Å². The van der Waals surface area contributed by atoms with Gasteiger partial charge < -0.3 is 15.5 Å². The molecule has 0 unspecified atom stereocenters. The Morgan fingerprint density at radius 1 is 1.10 bits per heavy atom. The number of thioether (sulfide) groups is 1. The zero-order valence-electron chi connectivity index (χ0n) is 17.5. The number of aromatic nitrogens is 4. The second-order valence-corrected chi connectivity index (χ2v) is 7.81. The lowest BCUT2D eigenvalue weighted by Crippen LogP contribution is -2.28. The summed E-state index contributed by atoms with van der Waals surface area (Å²) in [4.78, 5) is 26.6. The fourth-order valence-corrected chi connectivity index (χ4v) is 3.46. The Kier molecular flexibility index (Phi) is 7.99. The monoisotopic (exact) mass is 439 g/mol. The number of anilines is 2. The van der Waals surface area contributed by atoms with Crippen molar-refractivity contribution < 1.29 is 9.59 Å². The van der Waals surface area contributed by atoms with Crippen molar-refractivity contribution in [1.82, 2.24) is 25.5 Å². The van der Waals surface area contributed by atoms with E-state index in [1.807, 2.05) is 25.2 Å². The second-order valence-electron chi connectivity index (χ2n) is 6.87. The Morgan fingerprint density at radius 2 is 1.84 bits per heavy atom. The number of carbonyl (C=O) groups excluding carboxylic acids is 2. The highest BCUT2D eigenvalue weighted by Crippen LogP contribution is 2.14. The zero-order chi connectivity index (χ0) is 22.1. The van der Waals surface area contributed by atoms with Gasteiger partial charge in [0, 0.05) is 44.1 Å². The summed E-state index contributed by atoms with van der Waals surface area (Å²) >= 11 is 1.25. The molecule has 0 fully saturated rings. The van der Waals surface area contributed by atoms with Gasteiger partial charge in [0.2, 0.25) is 11.1 Å². The van der Waals surface area contributed by atoms with Crippen LogP contribution < -0.4 is 15.5 Å². The molecule has 0 aliphatic heterocycles. The van der Waals surface area contributed by atoms with Crippen LogP contribution in [0.15, 0.2) is 59.8 Å². The molecule has 10 heteroatoms. The third kappa shape index (κ3) is 6.82. The van der Waals surface area contributed by atoms with Crippen LogP contribution in [0.1, 0.15) is 16.8 Å². The van der Waals surface area contributed by atoms with Gasteiger partial charge in [-0.2, -0.15) is 0 Å². The molecular formula is C21H25N7O2S. The lowest BCUT2D eigenvalue weighted by atomic mass is 10.2. The average Bonchev–Trinajstić information content (AvgIpc) is 3.20. The Labute approximate surface area is 185 Å².